The van der Waals surface area contributed by atoms with Crippen molar-refractivity contribution in [2.75, 3.05) is 58.7 Å². The topological polar surface area (TPSA) is 79.0 Å². The summed E-state index contributed by atoms with van der Waals surface area (Å²) in [4.78, 5) is 14.3. The number of hydrogen-bond donors (Lipinski definition) is 1. The first-order chi connectivity index (χ1) is 12.4. The Morgan fingerprint density at radius 1 is 1.31 bits per heavy atom. The van der Waals surface area contributed by atoms with Crippen LogP contribution in [0.5, 0.6) is 0 Å². The molecule has 1 heterocycles. The summed E-state index contributed by atoms with van der Waals surface area (Å²) in [6.45, 7) is 3.96. The van der Waals surface area contributed by atoms with E-state index in [1.54, 1.807) is 18.2 Å². The first kappa shape index (κ1) is 20.8. The Labute approximate surface area is 154 Å². The van der Waals surface area contributed by atoms with Crippen LogP contribution < -0.4 is 5.32 Å². The molecule has 0 aromatic heterocycles. The van der Waals surface area contributed by atoms with E-state index in [0.29, 0.717) is 31.9 Å². The van der Waals surface area contributed by atoms with Crippen LogP contribution in [0.1, 0.15) is 5.56 Å². The number of sulfonamides is 1. The summed E-state index contributed by atoms with van der Waals surface area (Å²) in [7, 11) is -3.57. The van der Waals surface area contributed by atoms with E-state index in [0.717, 1.165) is 23.7 Å². The number of nitrogens with one attached hydrogen (secondary N) is 1. The Balaban J connectivity index is 1.81. The summed E-state index contributed by atoms with van der Waals surface area (Å²) in [5.41, 5.74) is 0.425. The first-order valence-corrected chi connectivity index (χ1v) is 10.5. The van der Waals surface area contributed by atoms with Crippen LogP contribution in [0.3, 0.4) is 0 Å². The van der Waals surface area contributed by atoms with Crippen molar-refractivity contribution in [2.45, 2.75) is 6.42 Å². The molecule has 26 heavy (non-hydrogen) atoms. The standard InChI is InChI=1S/C17H26FN3O4S/c1-26(23,24)21(8-6-15-4-2-3-5-16(15)18)14-17(22)19-7-9-20-10-12-25-13-11-20/h2-5H,6-14H2,1H3,(H,19,22). The highest BCUT2D eigenvalue weighted by Gasteiger charge is 2.20. The second-order valence-corrected chi connectivity index (χ2v) is 8.22. The summed E-state index contributed by atoms with van der Waals surface area (Å²) in [6.07, 6.45) is 1.26. The number of benzene rings is 1. The van der Waals surface area contributed by atoms with Crippen LogP contribution in [-0.4, -0.2) is 82.3 Å². The molecule has 1 fully saturated rings. The van der Waals surface area contributed by atoms with Crippen LogP contribution in [0, 0.1) is 5.82 Å². The van der Waals surface area contributed by atoms with Crippen LogP contribution >= 0.6 is 0 Å². The lowest BCUT2D eigenvalue weighted by atomic mass is 10.1. The lowest BCUT2D eigenvalue weighted by molar-refractivity contribution is -0.121. The predicted molar refractivity (Wildman–Crippen MR) is 96.8 cm³/mol. The van der Waals surface area contributed by atoms with E-state index in [-0.39, 0.29) is 31.2 Å². The van der Waals surface area contributed by atoms with Crippen molar-refractivity contribution < 1.29 is 22.3 Å². The van der Waals surface area contributed by atoms with Gasteiger partial charge in [-0.3, -0.25) is 9.69 Å². The molecule has 0 bridgehead atoms. The highest BCUT2D eigenvalue weighted by molar-refractivity contribution is 7.88. The van der Waals surface area contributed by atoms with E-state index in [4.69, 9.17) is 4.74 Å². The number of amides is 1. The Morgan fingerprint density at radius 2 is 2.00 bits per heavy atom. The molecule has 1 aromatic rings. The number of carbonyl (C=O) groups is 1. The Morgan fingerprint density at radius 3 is 2.65 bits per heavy atom. The molecule has 9 heteroatoms. The quantitative estimate of drug-likeness (QED) is 0.649. The van der Waals surface area contributed by atoms with Crippen LogP contribution in [0.25, 0.3) is 0 Å². The highest BCUT2D eigenvalue weighted by atomic mass is 32.2. The van der Waals surface area contributed by atoms with E-state index >= 15 is 0 Å². The number of rotatable bonds is 9. The van der Waals surface area contributed by atoms with Gasteiger partial charge in [-0.25, -0.2) is 12.8 Å². The van der Waals surface area contributed by atoms with Crippen molar-refractivity contribution >= 4 is 15.9 Å². The van der Waals surface area contributed by atoms with Gasteiger partial charge in [0.2, 0.25) is 15.9 Å². The third kappa shape index (κ3) is 6.99. The fourth-order valence-corrected chi connectivity index (χ4v) is 3.48. The second-order valence-electron chi connectivity index (χ2n) is 6.24. The third-order valence-corrected chi connectivity index (χ3v) is 5.48. The van der Waals surface area contributed by atoms with Gasteiger partial charge in [0, 0.05) is 32.7 Å². The van der Waals surface area contributed by atoms with Crippen molar-refractivity contribution in [1.29, 1.82) is 0 Å². The zero-order chi connectivity index (χ0) is 19.0. The molecule has 0 saturated carbocycles. The zero-order valence-electron chi connectivity index (χ0n) is 15.0. The van der Waals surface area contributed by atoms with Crippen molar-refractivity contribution in [1.82, 2.24) is 14.5 Å². The van der Waals surface area contributed by atoms with E-state index in [9.17, 15) is 17.6 Å². The zero-order valence-corrected chi connectivity index (χ0v) is 15.8. The van der Waals surface area contributed by atoms with E-state index in [1.807, 2.05) is 0 Å². The maximum Gasteiger partial charge on any atom is 0.235 e. The molecule has 2 rings (SSSR count). The summed E-state index contributed by atoms with van der Waals surface area (Å²) >= 11 is 0. The number of ether oxygens (including phenoxy) is 1. The molecular formula is C17H26FN3O4S. The fraction of sp³-hybridized carbons (Fsp3) is 0.588. The molecule has 1 saturated heterocycles. The molecule has 1 aromatic carbocycles. The van der Waals surface area contributed by atoms with Gasteiger partial charge in [-0.2, -0.15) is 4.31 Å². The summed E-state index contributed by atoms with van der Waals surface area (Å²) in [5.74, 6) is -0.742. The molecule has 146 valence electrons. The average molecular weight is 387 g/mol. The molecule has 0 atom stereocenters. The third-order valence-electron chi connectivity index (χ3n) is 4.23. The van der Waals surface area contributed by atoms with Crippen molar-refractivity contribution in [3.8, 4) is 0 Å². The number of morpholine rings is 1. The van der Waals surface area contributed by atoms with E-state index in [1.165, 1.54) is 6.07 Å². The summed E-state index contributed by atoms with van der Waals surface area (Å²) < 4.78 is 43.9. The van der Waals surface area contributed by atoms with E-state index < -0.39 is 10.0 Å². The van der Waals surface area contributed by atoms with Crippen LogP contribution in [0.4, 0.5) is 4.39 Å². The molecule has 1 aliphatic rings. The number of hydrogen-bond acceptors (Lipinski definition) is 5. The van der Waals surface area contributed by atoms with Crippen molar-refractivity contribution in [3.05, 3.63) is 35.6 Å². The average Bonchev–Trinajstić information content (AvgIpc) is 2.60. The number of carbonyl (C=O) groups excluding carboxylic acids is 1. The maximum atomic E-state index is 13.7. The normalized spacial score (nSPS) is 16.0. The van der Waals surface area contributed by atoms with Crippen LogP contribution in [0.2, 0.25) is 0 Å². The molecule has 0 unspecified atom stereocenters. The van der Waals surface area contributed by atoms with Gasteiger partial charge in [0.25, 0.3) is 0 Å². The summed E-state index contributed by atoms with van der Waals surface area (Å²) in [5, 5.41) is 2.74. The Bertz CT molecular complexity index is 693. The Kier molecular flexibility index (Phi) is 7.95. The minimum absolute atomic E-state index is 0.0522. The predicted octanol–water partition coefficient (Wildman–Crippen LogP) is 0.0782. The Hall–Kier alpha value is -1.55. The van der Waals surface area contributed by atoms with Crippen molar-refractivity contribution in [2.24, 2.45) is 0 Å². The van der Waals surface area contributed by atoms with Gasteiger partial charge in [0.05, 0.1) is 26.0 Å². The van der Waals surface area contributed by atoms with Gasteiger partial charge in [-0.05, 0) is 18.1 Å². The second kappa shape index (κ2) is 9.96. The molecule has 0 radical (unpaired) electrons. The van der Waals surface area contributed by atoms with Crippen LogP contribution in [0.15, 0.2) is 24.3 Å². The van der Waals surface area contributed by atoms with Gasteiger partial charge >= 0.3 is 0 Å². The van der Waals surface area contributed by atoms with E-state index in [2.05, 4.69) is 10.2 Å². The molecule has 7 nitrogen and oxygen atoms in total. The minimum Gasteiger partial charge on any atom is -0.379 e. The fourth-order valence-electron chi connectivity index (χ4n) is 2.70. The molecule has 1 amide bonds. The van der Waals surface area contributed by atoms with Gasteiger partial charge in [-0.1, -0.05) is 18.2 Å². The highest BCUT2D eigenvalue weighted by Crippen LogP contribution is 2.09. The minimum atomic E-state index is -3.57. The SMILES string of the molecule is CS(=O)(=O)N(CCc1ccccc1F)CC(=O)NCCN1CCOCC1. The van der Waals surface area contributed by atoms with Crippen LogP contribution in [-0.2, 0) is 26.0 Å². The molecule has 1 aliphatic heterocycles. The summed E-state index contributed by atoms with van der Waals surface area (Å²) in [6, 6.07) is 6.22. The number of nitrogens with zero attached hydrogens (tertiary/aromatic N) is 2. The molecule has 1 N–H and O–H groups in total. The van der Waals surface area contributed by atoms with Gasteiger partial charge < -0.3 is 10.1 Å². The molecular weight excluding hydrogens is 361 g/mol. The lowest BCUT2D eigenvalue weighted by Crippen LogP contribution is -2.45. The largest absolute Gasteiger partial charge is 0.379 e. The van der Waals surface area contributed by atoms with Gasteiger partial charge in [-0.15, -0.1) is 0 Å². The van der Waals surface area contributed by atoms with Gasteiger partial charge in [0.15, 0.2) is 0 Å². The maximum absolute atomic E-state index is 13.7. The molecule has 0 spiro atoms. The monoisotopic (exact) mass is 387 g/mol. The van der Waals surface area contributed by atoms with Crippen molar-refractivity contribution in [3.63, 3.8) is 0 Å². The first-order valence-electron chi connectivity index (χ1n) is 8.61. The van der Waals surface area contributed by atoms with Gasteiger partial charge in [0.1, 0.15) is 5.82 Å². The lowest BCUT2D eigenvalue weighted by Gasteiger charge is -2.26. The molecule has 0 aliphatic carbocycles. The smallest absolute Gasteiger partial charge is 0.235 e. The number of halogens is 1.